The number of aliphatic hydroxyl groups excluding tert-OH is 1. The van der Waals surface area contributed by atoms with Crippen LogP contribution in [-0.4, -0.2) is 71.2 Å². The van der Waals surface area contributed by atoms with E-state index in [0.29, 0.717) is 26.1 Å². The number of hydrogen-bond acceptors (Lipinski definition) is 4. The molecule has 1 aromatic carbocycles. The quantitative estimate of drug-likeness (QED) is 0.877. The zero-order chi connectivity index (χ0) is 17.8. The Labute approximate surface area is 148 Å². The summed E-state index contributed by atoms with van der Waals surface area (Å²) in [5.74, 6) is -0.233. The first-order valence-corrected chi connectivity index (χ1v) is 8.94. The van der Waals surface area contributed by atoms with Crippen LogP contribution in [0.25, 0.3) is 0 Å². The van der Waals surface area contributed by atoms with Gasteiger partial charge in [-0.05, 0) is 18.4 Å². The third kappa shape index (κ3) is 4.38. The van der Waals surface area contributed by atoms with E-state index in [4.69, 9.17) is 4.74 Å². The van der Waals surface area contributed by atoms with Gasteiger partial charge in [-0.25, -0.2) is 0 Å². The van der Waals surface area contributed by atoms with Gasteiger partial charge in [0.25, 0.3) is 0 Å². The lowest BCUT2D eigenvalue weighted by molar-refractivity contribution is -0.148. The topological polar surface area (TPSA) is 70.1 Å². The van der Waals surface area contributed by atoms with Gasteiger partial charge in [-0.3, -0.25) is 9.59 Å². The van der Waals surface area contributed by atoms with Crippen molar-refractivity contribution in [3.63, 3.8) is 0 Å². The van der Waals surface area contributed by atoms with Gasteiger partial charge in [-0.1, -0.05) is 30.3 Å². The van der Waals surface area contributed by atoms with Crippen LogP contribution in [0.1, 0.15) is 25.3 Å². The van der Waals surface area contributed by atoms with Crippen LogP contribution in [0.4, 0.5) is 0 Å². The van der Waals surface area contributed by atoms with Crippen molar-refractivity contribution >= 4 is 11.8 Å². The second kappa shape index (κ2) is 7.97. The Morgan fingerprint density at radius 1 is 1.24 bits per heavy atom. The SMILES string of the molecule is CC(=O)N1C[C@@H](O)C[C@@H]1C(=O)N1CCOC(CCc2ccccc2)C1. The molecule has 25 heavy (non-hydrogen) atoms. The number of hydrogen-bond donors (Lipinski definition) is 1. The Morgan fingerprint density at radius 2 is 2.00 bits per heavy atom. The minimum absolute atomic E-state index is 0.00927. The number of β-amino-alcohol motifs (C(OH)–C–C–N with tert-alkyl or cyclic N) is 1. The van der Waals surface area contributed by atoms with Crippen LogP contribution >= 0.6 is 0 Å². The largest absolute Gasteiger partial charge is 0.391 e. The van der Waals surface area contributed by atoms with E-state index in [0.717, 1.165) is 12.8 Å². The molecular weight excluding hydrogens is 320 g/mol. The van der Waals surface area contributed by atoms with Gasteiger partial charge in [0, 0.05) is 33.0 Å². The number of morpholine rings is 1. The van der Waals surface area contributed by atoms with Crippen molar-refractivity contribution in [2.24, 2.45) is 0 Å². The van der Waals surface area contributed by atoms with Crippen molar-refractivity contribution in [1.29, 1.82) is 0 Å². The van der Waals surface area contributed by atoms with Crippen molar-refractivity contribution in [3.05, 3.63) is 35.9 Å². The second-order valence-electron chi connectivity index (χ2n) is 6.88. The summed E-state index contributed by atoms with van der Waals surface area (Å²) in [7, 11) is 0. The van der Waals surface area contributed by atoms with Gasteiger partial charge in [0.15, 0.2) is 0 Å². The van der Waals surface area contributed by atoms with Crippen molar-refractivity contribution < 1.29 is 19.4 Å². The Bertz CT molecular complexity index is 607. The molecule has 2 heterocycles. The average Bonchev–Trinajstić information content (AvgIpc) is 3.02. The first-order valence-electron chi connectivity index (χ1n) is 8.94. The first-order chi connectivity index (χ1) is 12.0. The van der Waals surface area contributed by atoms with Gasteiger partial charge < -0.3 is 19.6 Å². The molecule has 6 nitrogen and oxygen atoms in total. The van der Waals surface area contributed by atoms with Crippen molar-refractivity contribution in [2.45, 2.75) is 44.4 Å². The molecule has 0 bridgehead atoms. The number of benzene rings is 1. The summed E-state index contributed by atoms with van der Waals surface area (Å²) >= 11 is 0. The fourth-order valence-corrected chi connectivity index (χ4v) is 3.67. The van der Waals surface area contributed by atoms with Crippen molar-refractivity contribution in [3.8, 4) is 0 Å². The maximum Gasteiger partial charge on any atom is 0.245 e. The standard InChI is InChI=1S/C19H26N2O4/c1-14(22)21-12-16(23)11-18(21)19(24)20-9-10-25-17(13-20)8-7-15-5-3-2-4-6-15/h2-6,16-18,23H,7-13H2,1H3/t16-,17?,18+/m0/s1. The number of ether oxygens (including phenoxy) is 1. The molecule has 0 aromatic heterocycles. The molecule has 0 saturated carbocycles. The monoisotopic (exact) mass is 346 g/mol. The van der Waals surface area contributed by atoms with Gasteiger partial charge in [-0.15, -0.1) is 0 Å². The van der Waals surface area contributed by atoms with Crippen molar-refractivity contribution in [2.75, 3.05) is 26.2 Å². The molecule has 0 aliphatic carbocycles. The number of nitrogens with zero attached hydrogens (tertiary/aromatic N) is 2. The van der Waals surface area contributed by atoms with E-state index in [2.05, 4.69) is 12.1 Å². The number of carbonyl (C=O) groups is 2. The summed E-state index contributed by atoms with van der Waals surface area (Å²) in [4.78, 5) is 27.9. The van der Waals surface area contributed by atoms with Crippen molar-refractivity contribution in [1.82, 2.24) is 9.80 Å². The third-order valence-electron chi connectivity index (χ3n) is 5.02. The van der Waals surface area contributed by atoms with Gasteiger partial charge in [0.1, 0.15) is 6.04 Å². The summed E-state index contributed by atoms with van der Waals surface area (Å²) in [6, 6.07) is 9.69. The lowest BCUT2D eigenvalue weighted by atomic mass is 10.0. The average molecular weight is 346 g/mol. The lowest BCUT2D eigenvalue weighted by Gasteiger charge is -2.36. The summed E-state index contributed by atoms with van der Waals surface area (Å²) in [5.41, 5.74) is 1.26. The number of aliphatic hydroxyl groups is 1. The van der Waals surface area contributed by atoms with Gasteiger partial charge >= 0.3 is 0 Å². The normalized spacial score (nSPS) is 26.7. The predicted octanol–water partition coefficient (Wildman–Crippen LogP) is 0.828. The zero-order valence-corrected chi connectivity index (χ0v) is 14.6. The molecule has 2 amide bonds. The Kier molecular flexibility index (Phi) is 5.71. The molecule has 136 valence electrons. The smallest absolute Gasteiger partial charge is 0.245 e. The van der Waals surface area contributed by atoms with E-state index in [1.165, 1.54) is 17.4 Å². The number of rotatable bonds is 4. The molecule has 0 spiro atoms. The number of aryl methyl sites for hydroxylation is 1. The highest BCUT2D eigenvalue weighted by molar-refractivity contribution is 5.87. The fraction of sp³-hybridized carbons (Fsp3) is 0.579. The Balaban J connectivity index is 1.57. The van der Waals surface area contributed by atoms with E-state index < -0.39 is 12.1 Å². The highest BCUT2D eigenvalue weighted by Gasteiger charge is 2.40. The first kappa shape index (κ1) is 17.9. The summed E-state index contributed by atoms with van der Waals surface area (Å²) in [6.45, 7) is 3.29. The second-order valence-corrected chi connectivity index (χ2v) is 6.88. The molecule has 0 radical (unpaired) electrons. The number of carbonyl (C=O) groups excluding carboxylic acids is 2. The predicted molar refractivity (Wildman–Crippen MR) is 92.9 cm³/mol. The number of amides is 2. The number of likely N-dealkylation sites (tertiary alicyclic amines) is 1. The van der Waals surface area contributed by atoms with E-state index in [1.54, 1.807) is 4.90 Å². The molecule has 1 N–H and O–H groups in total. The van der Waals surface area contributed by atoms with Gasteiger partial charge in [-0.2, -0.15) is 0 Å². The maximum absolute atomic E-state index is 12.8. The van der Waals surface area contributed by atoms with Crippen LogP contribution < -0.4 is 0 Å². The Morgan fingerprint density at radius 3 is 2.72 bits per heavy atom. The van der Waals surface area contributed by atoms with Crippen LogP contribution in [0.5, 0.6) is 0 Å². The molecule has 3 rings (SSSR count). The van der Waals surface area contributed by atoms with Crippen LogP contribution in [-0.2, 0) is 20.7 Å². The minimum Gasteiger partial charge on any atom is -0.391 e. The van der Waals surface area contributed by atoms with Gasteiger partial charge in [0.05, 0.1) is 18.8 Å². The molecule has 3 atom stereocenters. The summed E-state index contributed by atoms with van der Waals surface area (Å²) < 4.78 is 5.81. The maximum atomic E-state index is 12.8. The van der Waals surface area contributed by atoms with E-state index in [1.807, 2.05) is 18.2 Å². The van der Waals surface area contributed by atoms with Crippen LogP contribution in [0, 0.1) is 0 Å². The van der Waals surface area contributed by atoms with Crippen LogP contribution in [0.15, 0.2) is 30.3 Å². The van der Waals surface area contributed by atoms with Gasteiger partial charge in [0.2, 0.25) is 11.8 Å². The van der Waals surface area contributed by atoms with E-state index in [-0.39, 0.29) is 24.5 Å². The molecule has 1 unspecified atom stereocenters. The summed E-state index contributed by atoms with van der Waals surface area (Å²) in [5, 5.41) is 9.84. The molecule has 2 aliphatic rings. The lowest BCUT2D eigenvalue weighted by Crippen LogP contribution is -2.52. The molecule has 2 saturated heterocycles. The van der Waals surface area contributed by atoms with Crippen LogP contribution in [0.2, 0.25) is 0 Å². The summed E-state index contributed by atoms with van der Waals surface area (Å²) in [6.07, 6.45) is 1.49. The fourth-order valence-electron chi connectivity index (χ4n) is 3.67. The molecule has 2 aliphatic heterocycles. The highest BCUT2D eigenvalue weighted by atomic mass is 16.5. The highest BCUT2D eigenvalue weighted by Crippen LogP contribution is 2.22. The van der Waals surface area contributed by atoms with E-state index in [9.17, 15) is 14.7 Å². The zero-order valence-electron chi connectivity index (χ0n) is 14.6. The minimum atomic E-state index is -0.618. The van der Waals surface area contributed by atoms with E-state index >= 15 is 0 Å². The third-order valence-corrected chi connectivity index (χ3v) is 5.02. The van der Waals surface area contributed by atoms with Crippen LogP contribution in [0.3, 0.4) is 0 Å². The molecule has 6 heteroatoms. The Hall–Kier alpha value is -1.92. The molecular formula is C19H26N2O4. The molecule has 2 fully saturated rings. The molecule has 1 aromatic rings.